The van der Waals surface area contributed by atoms with Crippen LogP contribution in [0.1, 0.15) is 32.8 Å². The topological polar surface area (TPSA) is 104 Å². The molecule has 24 heavy (non-hydrogen) atoms. The van der Waals surface area contributed by atoms with E-state index in [9.17, 15) is 18.0 Å². The molecule has 1 amide bonds. The van der Waals surface area contributed by atoms with E-state index in [1.54, 1.807) is 31.7 Å². The van der Waals surface area contributed by atoms with Crippen molar-refractivity contribution in [3.05, 3.63) is 23.8 Å². The monoisotopic (exact) mass is 354 g/mol. The first kappa shape index (κ1) is 18.4. The van der Waals surface area contributed by atoms with Gasteiger partial charge in [-0.3, -0.25) is 9.59 Å². The van der Waals surface area contributed by atoms with Gasteiger partial charge in [0.15, 0.2) is 0 Å². The van der Waals surface area contributed by atoms with Crippen molar-refractivity contribution in [2.24, 2.45) is 5.92 Å². The highest BCUT2D eigenvalue weighted by Gasteiger charge is 2.30. The second-order valence-electron chi connectivity index (χ2n) is 6.12. The number of benzene rings is 1. The quantitative estimate of drug-likeness (QED) is 0.803. The third kappa shape index (κ3) is 3.59. The zero-order valence-corrected chi connectivity index (χ0v) is 14.8. The lowest BCUT2D eigenvalue weighted by Crippen LogP contribution is -2.44. The van der Waals surface area contributed by atoms with Crippen molar-refractivity contribution in [2.45, 2.75) is 44.6 Å². The van der Waals surface area contributed by atoms with Gasteiger partial charge in [0.25, 0.3) is 0 Å². The number of amides is 1. The molecule has 1 aromatic rings. The molecule has 7 nitrogen and oxygen atoms in total. The van der Waals surface area contributed by atoms with Crippen molar-refractivity contribution in [2.75, 3.05) is 11.4 Å². The van der Waals surface area contributed by atoms with Crippen LogP contribution in [0.3, 0.4) is 0 Å². The van der Waals surface area contributed by atoms with Gasteiger partial charge < -0.3 is 10.0 Å². The van der Waals surface area contributed by atoms with E-state index in [4.69, 9.17) is 5.11 Å². The Morgan fingerprint density at radius 2 is 2.00 bits per heavy atom. The Morgan fingerprint density at radius 3 is 2.54 bits per heavy atom. The lowest BCUT2D eigenvalue weighted by molar-refractivity contribution is -0.140. The van der Waals surface area contributed by atoms with Gasteiger partial charge in [0.2, 0.25) is 15.9 Å². The predicted molar refractivity (Wildman–Crippen MR) is 89.4 cm³/mol. The first-order valence-electron chi connectivity index (χ1n) is 7.85. The van der Waals surface area contributed by atoms with Gasteiger partial charge >= 0.3 is 5.97 Å². The molecule has 0 saturated carbocycles. The number of anilines is 1. The molecule has 1 aliphatic heterocycles. The van der Waals surface area contributed by atoms with Crippen LogP contribution >= 0.6 is 0 Å². The molecule has 0 saturated heterocycles. The summed E-state index contributed by atoms with van der Waals surface area (Å²) in [5.41, 5.74) is 1.50. The molecule has 1 heterocycles. The third-order valence-corrected chi connectivity index (χ3v) is 5.51. The van der Waals surface area contributed by atoms with Crippen molar-refractivity contribution >= 4 is 27.6 Å². The molecule has 0 radical (unpaired) electrons. The largest absolute Gasteiger partial charge is 0.480 e. The number of hydrogen-bond donors (Lipinski definition) is 2. The number of carbonyl (C=O) groups is 2. The Labute approximate surface area is 141 Å². The summed E-state index contributed by atoms with van der Waals surface area (Å²) in [4.78, 5) is 24.8. The SMILES string of the molecule is CCC(=O)N1CCc2cc(S(=O)(=O)N[C@H](C(=O)O)C(C)C)ccc21. The van der Waals surface area contributed by atoms with Crippen LogP contribution in [-0.4, -0.2) is 38.0 Å². The normalized spacial score (nSPS) is 15.4. The minimum atomic E-state index is -3.95. The molecule has 0 fully saturated rings. The molecule has 1 atom stereocenters. The number of rotatable bonds is 6. The molecule has 2 rings (SSSR count). The highest BCUT2D eigenvalue weighted by molar-refractivity contribution is 7.89. The number of carboxylic acid groups (broad SMARTS) is 1. The maximum atomic E-state index is 12.5. The van der Waals surface area contributed by atoms with Crippen LogP contribution in [0.25, 0.3) is 0 Å². The van der Waals surface area contributed by atoms with Crippen molar-refractivity contribution in [1.29, 1.82) is 0 Å². The van der Waals surface area contributed by atoms with E-state index in [1.807, 2.05) is 0 Å². The highest BCUT2D eigenvalue weighted by atomic mass is 32.2. The smallest absolute Gasteiger partial charge is 0.322 e. The summed E-state index contributed by atoms with van der Waals surface area (Å²) < 4.78 is 27.2. The zero-order chi connectivity index (χ0) is 18.1. The van der Waals surface area contributed by atoms with E-state index in [-0.39, 0.29) is 16.7 Å². The molecule has 0 spiro atoms. The molecular weight excluding hydrogens is 332 g/mol. The summed E-state index contributed by atoms with van der Waals surface area (Å²) in [6, 6.07) is 3.33. The lowest BCUT2D eigenvalue weighted by Gasteiger charge is -2.19. The number of aliphatic carboxylic acids is 1. The van der Waals surface area contributed by atoms with Crippen LogP contribution in [0.2, 0.25) is 0 Å². The number of hydrogen-bond acceptors (Lipinski definition) is 4. The van der Waals surface area contributed by atoms with Gasteiger partial charge in [-0.15, -0.1) is 0 Å². The van der Waals surface area contributed by atoms with Crippen molar-refractivity contribution in [3.8, 4) is 0 Å². The summed E-state index contributed by atoms with van der Waals surface area (Å²) in [7, 11) is -3.95. The molecule has 0 aliphatic carbocycles. The number of fused-ring (bicyclic) bond motifs is 1. The Morgan fingerprint density at radius 1 is 1.33 bits per heavy atom. The number of nitrogens with one attached hydrogen (secondary N) is 1. The maximum Gasteiger partial charge on any atom is 0.322 e. The van der Waals surface area contributed by atoms with Gasteiger partial charge in [0, 0.05) is 18.7 Å². The molecule has 0 aromatic heterocycles. The number of nitrogens with zero attached hydrogens (tertiary/aromatic N) is 1. The van der Waals surface area contributed by atoms with Gasteiger partial charge in [-0.1, -0.05) is 20.8 Å². The van der Waals surface area contributed by atoms with Crippen LogP contribution in [0, 0.1) is 5.92 Å². The molecular formula is C16H22N2O5S. The van der Waals surface area contributed by atoms with Crippen molar-refractivity contribution in [1.82, 2.24) is 4.72 Å². The highest BCUT2D eigenvalue weighted by Crippen LogP contribution is 2.30. The van der Waals surface area contributed by atoms with Crippen LogP contribution < -0.4 is 9.62 Å². The lowest BCUT2D eigenvalue weighted by atomic mass is 10.1. The maximum absolute atomic E-state index is 12.5. The van der Waals surface area contributed by atoms with E-state index >= 15 is 0 Å². The minimum Gasteiger partial charge on any atom is -0.480 e. The Bertz CT molecular complexity index is 758. The minimum absolute atomic E-state index is 0.00627. The second kappa shape index (κ2) is 6.90. The van der Waals surface area contributed by atoms with Gasteiger partial charge in [0.05, 0.1) is 4.90 Å². The van der Waals surface area contributed by atoms with E-state index in [0.29, 0.717) is 19.4 Å². The summed E-state index contributed by atoms with van der Waals surface area (Å²) in [6.07, 6.45) is 0.965. The average molecular weight is 354 g/mol. The standard InChI is InChI=1S/C16H22N2O5S/c1-4-14(19)18-8-7-11-9-12(5-6-13(11)18)24(22,23)17-15(10(2)3)16(20)21/h5-6,9-10,15,17H,4,7-8H2,1-3H3,(H,20,21)/t15-/m0/s1. The van der Waals surface area contributed by atoms with Crippen LogP contribution in [0.5, 0.6) is 0 Å². The van der Waals surface area contributed by atoms with Crippen molar-refractivity contribution in [3.63, 3.8) is 0 Å². The zero-order valence-electron chi connectivity index (χ0n) is 13.9. The summed E-state index contributed by atoms with van der Waals surface area (Å²) in [5, 5.41) is 9.16. The molecule has 1 aromatic carbocycles. The van der Waals surface area contributed by atoms with E-state index < -0.39 is 22.0 Å². The summed E-state index contributed by atoms with van der Waals surface area (Å²) >= 11 is 0. The second-order valence-corrected chi connectivity index (χ2v) is 7.83. The fourth-order valence-electron chi connectivity index (χ4n) is 2.70. The van der Waals surface area contributed by atoms with E-state index in [2.05, 4.69) is 4.72 Å². The van der Waals surface area contributed by atoms with E-state index in [0.717, 1.165) is 11.3 Å². The number of carboxylic acids is 1. The average Bonchev–Trinajstić information content (AvgIpc) is 2.94. The summed E-state index contributed by atoms with van der Waals surface area (Å²) in [5.74, 6) is -1.60. The molecule has 8 heteroatoms. The first-order valence-corrected chi connectivity index (χ1v) is 9.34. The molecule has 1 aliphatic rings. The van der Waals surface area contributed by atoms with Gasteiger partial charge in [0.1, 0.15) is 6.04 Å². The fraction of sp³-hybridized carbons (Fsp3) is 0.500. The van der Waals surface area contributed by atoms with Crippen molar-refractivity contribution < 1.29 is 23.1 Å². The molecule has 2 N–H and O–H groups in total. The predicted octanol–water partition coefficient (Wildman–Crippen LogP) is 1.37. The number of carbonyl (C=O) groups excluding carboxylic acids is 1. The Hall–Kier alpha value is -1.93. The molecule has 132 valence electrons. The van der Waals surface area contributed by atoms with Crippen LogP contribution in [-0.2, 0) is 26.0 Å². The van der Waals surface area contributed by atoms with Crippen LogP contribution in [0.15, 0.2) is 23.1 Å². The molecule has 0 bridgehead atoms. The first-order chi connectivity index (χ1) is 11.2. The van der Waals surface area contributed by atoms with Gasteiger partial charge in [-0.2, -0.15) is 4.72 Å². The Kier molecular flexibility index (Phi) is 5.29. The number of sulfonamides is 1. The van der Waals surface area contributed by atoms with Gasteiger partial charge in [-0.05, 0) is 36.1 Å². The van der Waals surface area contributed by atoms with E-state index in [1.165, 1.54) is 12.1 Å². The fourth-order valence-corrected chi connectivity index (χ4v) is 4.09. The molecule has 0 unspecified atom stereocenters. The Balaban J connectivity index is 2.30. The third-order valence-electron chi connectivity index (χ3n) is 4.08. The summed E-state index contributed by atoms with van der Waals surface area (Å²) in [6.45, 7) is 5.58. The van der Waals surface area contributed by atoms with Crippen LogP contribution in [0.4, 0.5) is 5.69 Å². The van der Waals surface area contributed by atoms with Gasteiger partial charge in [-0.25, -0.2) is 8.42 Å².